The number of ether oxygens (including phenoxy) is 1. The highest BCUT2D eigenvalue weighted by Crippen LogP contribution is 2.11. The van der Waals surface area contributed by atoms with Gasteiger partial charge in [-0.15, -0.1) is 0 Å². The zero-order valence-corrected chi connectivity index (χ0v) is 14.9. The van der Waals surface area contributed by atoms with Crippen molar-refractivity contribution in [1.29, 1.82) is 0 Å². The summed E-state index contributed by atoms with van der Waals surface area (Å²) in [6.45, 7) is 0.558. The molecular weight excluding hydrogens is 340 g/mol. The molecule has 2 aromatic carbocycles. The SMILES string of the molecule is COc1ccc(CCNC(=O)CCNS(=O)(=O)c2ccccc2)cc1. The topological polar surface area (TPSA) is 84.5 Å². The number of amides is 1. The number of nitrogens with one attached hydrogen (secondary N) is 2. The van der Waals surface area contributed by atoms with Gasteiger partial charge in [-0.05, 0) is 36.2 Å². The number of hydrogen-bond donors (Lipinski definition) is 2. The molecule has 6 nitrogen and oxygen atoms in total. The van der Waals surface area contributed by atoms with Crippen molar-refractivity contribution in [2.45, 2.75) is 17.7 Å². The van der Waals surface area contributed by atoms with Gasteiger partial charge in [0.1, 0.15) is 5.75 Å². The predicted octanol–water partition coefficient (Wildman–Crippen LogP) is 1.72. The summed E-state index contributed by atoms with van der Waals surface area (Å²) in [7, 11) is -1.96. The van der Waals surface area contributed by atoms with E-state index in [0.29, 0.717) is 13.0 Å². The van der Waals surface area contributed by atoms with E-state index in [2.05, 4.69) is 10.0 Å². The lowest BCUT2D eigenvalue weighted by Crippen LogP contribution is -2.31. The van der Waals surface area contributed by atoms with Crippen LogP contribution in [-0.2, 0) is 21.2 Å². The van der Waals surface area contributed by atoms with E-state index in [-0.39, 0.29) is 23.8 Å². The van der Waals surface area contributed by atoms with Crippen LogP contribution in [0.5, 0.6) is 5.75 Å². The van der Waals surface area contributed by atoms with Crippen LogP contribution in [0, 0.1) is 0 Å². The number of sulfonamides is 1. The van der Waals surface area contributed by atoms with Crippen molar-refractivity contribution in [1.82, 2.24) is 10.0 Å². The van der Waals surface area contributed by atoms with Gasteiger partial charge in [0.05, 0.1) is 12.0 Å². The van der Waals surface area contributed by atoms with E-state index in [9.17, 15) is 13.2 Å². The van der Waals surface area contributed by atoms with Crippen LogP contribution >= 0.6 is 0 Å². The molecule has 1 amide bonds. The summed E-state index contributed by atoms with van der Waals surface area (Å²) in [5.41, 5.74) is 1.09. The number of carbonyl (C=O) groups is 1. The van der Waals surface area contributed by atoms with Gasteiger partial charge in [0.25, 0.3) is 0 Å². The average molecular weight is 362 g/mol. The van der Waals surface area contributed by atoms with Crippen molar-refractivity contribution in [2.24, 2.45) is 0 Å². The van der Waals surface area contributed by atoms with Crippen LogP contribution in [-0.4, -0.2) is 34.5 Å². The minimum Gasteiger partial charge on any atom is -0.497 e. The Kier molecular flexibility index (Phi) is 6.97. The van der Waals surface area contributed by atoms with Gasteiger partial charge in [-0.3, -0.25) is 4.79 Å². The first-order valence-electron chi connectivity index (χ1n) is 7.95. The lowest BCUT2D eigenvalue weighted by atomic mass is 10.1. The van der Waals surface area contributed by atoms with E-state index in [1.54, 1.807) is 25.3 Å². The van der Waals surface area contributed by atoms with Crippen LogP contribution < -0.4 is 14.8 Å². The fourth-order valence-corrected chi connectivity index (χ4v) is 3.26. The van der Waals surface area contributed by atoms with Gasteiger partial charge in [0, 0.05) is 19.5 Å². The fraction of sp³-hybridized carbons (Fsp3) is 0.278. The Morgan fingerprint density at radius 2 is 1.68 bits per heavy atom. The Hall–Kier alpha value is -2.38. The number of hydrogen-bond acceptors (Lipinski definition) is 4. The zero-order valence-electron chi connectivity index (χ0n) is 14.1. The molecule has 25 heavy (non-hydrogen) atoms. The maximum absolute atomic E-state index is 12.0. The summed E-state index contributed by atoms with van der Waals surface area (Å²) in [6.07, 6.45) is 0.792. The quantitative estimate of drug-likeness (QED) is 0.711. The molecule has 7 heteroatoms. The van der Waals surface area contributed by atoms with E-state index >= 15 is 0 Å². The van der Waals surface area contributed by atoms with Crippen LogP contribution in [0.25, 0.3) is 0 Å². The van der Waals surface area contributed by atoms with Crippen molar-refractivity contribution in [3.63, 3.8) is 0 Å². The Morgan fingerprint density at radius 3 is 2.32 bits per heavy atom. The van der Waals surface area contributed by atoms with E-state index in [1.807, 2.05) is 24.3 Å². The van der Waals surface area contributed by atoms with Gasteiger partial charge >= 0.3 is 0 Å². The normalized spacial score (nSPS) is 11.1. The maximum atomic E-state index is 12.0. The summed E-state index contributed by atoms with van der Waals surface area (Å²) >= 11 is 0. The second kappa shape index (κ2) is 9.19. The molecule has 0 saturated heterocycles. The minimum absolute atomic E-state index is 0.0611. The third-order valence-corrected chi connectivity index (χ3v) is 5.07. The van der Waals surface area contributed by atoms with Gasteiger partial charge in [-0.1, -0.05) is 30.3 Å². The van der Waals surface area contributed by atoms with Crippen molar-refractivity contribution in [2.75, 3.05) is 20.2 Å². The molecule has 0 fully saturated rings. The first-order valence-corrected chi connectivity index (χ1v) is 9.44. The summed E-state index contributed by atoms with van der Waals surface area (Å²) in [5.74, 6) is 0.600. The van der Waals surface area contributed by atoms with Crippen LogP contribution in [0.3, 0.4) is 0 Å². The third-order valence-electron chi connectivity index (χ3n) is 3.59. The molecule has 0 unspecified atom stereocenters. The molecule has 0 saturated carbocycles. The van der Waals surface area contributed by atoms with Gasteiger partial charge < -0.3 is 10.1 Å². The van der Waals surface area contributed by atoms with Crippen molar-refractivity contribution < 1.29 is 17.9 Å². The first-order chi connectivity index (χ1) is 12.0. The van der Waals surface area contributed by atoms with Crippen LogP contribution in [0.1, 0.15) is 12.0 Å². The van der Waals surface area contributed by atoms with Crippen LogP contribution in [0.15, 0.2) is 59.5 Å². The summed E-state index contributed by atoms with van der Waals surface area (Å²) in [6, 6.07) is 15.7. The molecule has 2 rings (SSSR count). The summed E-state index contributed by atoms with van der Waals surface area (Å²) in [5, 5.41) is 2.78. The van der Waals surface area contributed by atoms with E-state index in [4.69, 9.17) is 4.74 Å². The van der Waals surface area contributed by atoms with Crippen molar-refractivity contribution in [3.05, 3.63) is 60.2 Å². The molecule has 0 radical (unpaired) electrons. The maximum Gasteiger partial charge on any atom is 0.240 e. The van der Waals surface area contributed by atoms with Crippen LogP contribution in [0.4, 0.5) is 0 Å². The average Bonchev–Trinajstić information content (AvgIpc) is 2.63. The molecule has 0 atom stereocenters. The highest BCUT2D eigenvalue weighted by atomic mass is 32.2. The zero-order chi connectivity index (χ0) is 18.1. The Bertz CT molecular complexity index is 774. The molecular formula is C18H22N2O4S. The van der Waals surface area contributed by atoms with Gasteiger partial charge in [0.15, 0.2) is 0 Å². The second-order valence-corrected chi connectivity index (χ2v) is 7.18. The van der Waals surface area contributed by atoms with Gasteiger partial charge in [-0.25, -0.2) is 13.1 Å². The molecule has 0 heterocycles. The van der Waals surface area contributed by atoms with Gasteiger partial charge in [0.2, 0.25) is 15.9 Å². The molecule has 0 aromatic heterocycles. The summed E-state index contributed by atoms with van der Waals surface area (Å²) in [4.78, 5) is 12.0. The van der Waals surface area contributed by atoms with E-state index in [0.717, 1.165) is 11.3 Å². The van der Waals surface area contributed by atoms with E-state index < -0.39 is 10.0 Å². The molecule has 0 bridgehead atoms. The van der Waals surface area contributed by atoms with Crippen molar-refractivity contribution in [3.8, 4) is 5.75 Å². The highest BCUT2D eigenvalue weighted by Gasteiger charge is 2.13. The molecule has 0 aliphatic rings. The summed E-state index contributed by atoms with van der Waals surface area (Å²) < 4.78 is 31.5. The number of carbonyl (C=O) groups excluding carboxylic acids is 1. The second-order valence-electron chi connectivity index (χ2n) is 5.41. The lowest BCUT2D eigenvalue weighted by molar-refractivity contribution is -0.120. The molecule has 0 aliphatic heterocycles. The molecule has 2 aromatic rings. The molecule has 2 N–H and O–H groups in total. The molecule has 134 valence electrons. The Morgan fingerprint density at radius 1 is 1.00 bits per heavy atom. The van der Waals surface area contributed by atoms with Gasteiger partial charge in [-0.2, -0.15) is 0 Å². The fourth-order valence-electron chi connectivity index (χ4n) is 2.21. The lowest BCUT2D eigenvalue weighted by Gasteiger charge is -2.08. The molecule has 0 spiro atoms. The Labute approximate surface area is 148 Å². The van der Waals surface area contributed by atoms with E-state index in [1.165, 1.54) is 12.1 Å². The predicted molar refractivity (Wildman–Crippen MR) is 96.0 cm³/mol. The van der Waals surface area contributed by atoms with Crippen molar-refractivity contribution >= 4 is 15.9 Å². The number of methoxy groups -OCH3 is 1. The largest absolute Gasteiger partial charge is 0.497 e. The number of benzene rings is 2. The Balaban J connectivity index is 1.68. The smallest absolute Gasteiger partial charge is 0.240 e. The number of rotatable bonds is 9. The first kappa shape index (κ1) is 19.0. The monoisotopic (exact) mass is 362 g/mol. The highest BCUT2D eigenvalue weighted by molar-refractivity contribution is 7.89. The standard InChI is InChI=1S/C18H22N2O4S/c1-24-16-9-7-15(8-10-16)11-13-19-18(21)12-14-20-25(22,23)17-5-3-2-4-6-17/h2-10,20H,11-14H2,1H3,(H,19,21). The molecule has 0 aliphatic carbocycles. The van der Waals surface area contributed by atoms with Crippen LogP contribution in [0.2, 0.25) is 0 Å². The minimum atomic E-state index is -3.57. The third kappa shape index (κ3) is 6.21.